The van der Waals surface area contributed by atoms with E-state index in [9.17, 15) is 4.79 Å². The van der Waals surface area contributed by atoms with E-state index >= 15 is 0 Å². The average molecular weight is 220 g/mol. The molecule has 4 aliphatic rings. The molecule has 1 heterocycles. The van der Waals surface area contributed by atoms with Crippen LogP contribution in [0.4, 0.5) is 0 Å². The van der Waals surface area contributed by atoms with Gasteiger partial charge in [0.2, 0.25) is 0 Å². The van der Waals surface area contributed by atoms with Gasteiger partial charge in [0, 0.05) is 23.7 Å². The Kier molecular flexibility index (Phi) is 1.50. The molecule has 0 aromatic carbocycles. The zero-order valence-electron chi connectivity index (χ0n) is 8.97. The third-order valence-corrected chi connectivity index (χ3v) is 3.36. The van der Waals surface area contributed by atoms with E-state index in [0.717, 1.165) is 32.8 Å². The minimum atomic E-state index is 0.152. The van der Waals surface area contributed by atoms with E-state index in [1.54, 1.807) is 12.3 Å². The first-order valence-electron chi connectivity index (χ1n) is 5.54. The molecule has 0 saturated carbocycles. The molecule has 3 aliphatic carbocycles. The number of carbonyl (C=O) groups excluding carboxylic acids is 1. The topological polar surface area (TPSA) is 42.9 Å². The summed E-state index contributed by atoms with van der Waals surface area (Å²) in [5.74, 6) is 0.152. The molecule has 0 bridgehead atoms. The Morgan fingerprint density at radius 1 is 1.24 bits per heavy atom. The molecule has 0 amide bonds. The highest BCUT2D eigenvalue weighted by Crippen LogP contribution is 2.26. The standard InChI is InChI=1S/C14H8N2O/c17-9-6-8-4-5-15-16-14-11-3-1-2-10(11)12(7-9)13(8)14/h1-5,7H,6H2. The number of aromatic nitrogens is 2. The number of rotatable bonds is 0. The highest BCUT2D eigenvalue weighted by molar-refractivity contribution is 6.11. The van der Waals surface area contributed by atoms with Crippen molar-refractivity contribution >= 4 is 24.0 Å². The van der Waals surface area contributed by atoms with Crippen LogP contribution in [0.5, 0.6) is 0 Å². The zero-order chi connectivity index (χ0) is 11.4. The first-order chi connectivity index (χ1) is 8.34. The van der Waals surface area contributed by atoms with Gasteiger partial charge < -0.3 is 0 Å². The van der Waals surface area contributed by atoms with Crippen LogP contribution in [0.25, 0.3) is 29.5 Å². The van der Waals surface area contributed by atoms with Crippen molar-refractivity contribution in [1.82, 2.24) is 10.2 Å². The monoisotopic (exact) mass is 220 g/mol. The van der Waals surface area contributed by atoms with Crippen molar-refractivity contribution in [3.63, 3.8) is 0 Å². The zero-order valence-corrected chi connectivity index (χ0v) is 8.97. The number of hydrogen-bond donors (Lipinski definition) is 0. The molecule has 0 saturated heterocycles. The van der Waals surface area contributed by atoms with Crippen LogP contribution in [0.1, 0.15) is 11.1 Å². The Bertz CT molecular complexity index is 787. The Labute approximate surface area is 97.1 Å². The quantitative estimate of drug-likeness (QED) is 0.641. The van der Waals surface area contributed by atoms with E-state index in [4.69, 9.17) is 0 Å². The molecule has 17 heavy (non-hydrogen) atoms. The summed E-state index contributed by atoms with van der Waals surface area (Å²) < 4.78 is 0. The highest BCUT2D eigenvalue weighted by atomic mass is 16.1. The molecule has 3 heteroatoms. The maximum absolute atomic E-state index is 11.7. The van der Waals surface area contributed by atoms with Crippen molar-refractivity contribution in [1.29, 1.82) is 0 Å². The Balaban J connectivity index is 2.34. The van der Waals surface area contributed by atoms with Crippen molar-refractivity contribution in [2.75, 3.05) is 0 Å². The van der Waals surface area contributed by atoms with Crippen LogP contribution < -0.4 is 10.4 Å². The summed E-state index contributed by atoms with van der Waals surface area (Å²) in [6, 6.07) is 1.89. The smallest absolute Gasteiger partial charge is 0.160 e. The Morgan fingerprint density at radius 3 is 3.12 bits per heavy atom. The second-order valence-corrected chi connectivity index (χ2v) is 4.33. The number of hydrogen-bond acceptors (Lipinski definition) is 3. The van der Waals surface area contributed by atoms with E-state index in [2.05, 4.69) is 10.2 Å². The molecule has 0 aromatic rings. The predicted molar refractivity (Wildman–Crippen MR) is 64.6 cm³/mol. The molecule has 0 radical (unpaired) electrons. The van der Waals surface area contributed by atoms with Gasteiger partial charge in [0.05, 0.1) is 0 Å². The first kappa shape index (κ1) is 8.82. The van der Waals surface area contributed by atoms with Crippen molar-refractivity contribution in [3.8, 4) is 11.3 Å². The molecule has 0 atom stereocenters. The lowest BCUT2D eigenvalue weighted by atomic mass is 9.97. The molecule has 0 unspecified atom stereocenters. The summed E-state index contributed by atoms with van der Waals surface area (Å²) >= 11 is 0. The van der Waals surface area contributed by atoms with Crippen LogP contribution in [0.15, 0.2) is 18.3 Å². The van der Waals surface area contributed by atoms with Gasteiger partial charge in [-0.15, -0.1) is 5.10 Å². The maximum Gasteiger partial charge on any atom is 0.160 e. The number of fused-ring (bicyclic) bond motifs is 3. The maximum atomic E-state index is 11.7. The molecule has 0 spiro atoms. The second-order valence-electron chi connectivity index (χ2n) is 4.33. The summed E-state index contributed by atoms with van der Waals surface area (Å²) in [5, 5.41) is 10.4. The number of allylic oxidation sites excluding steroid dienone is 1. The third kappa shape index (κ3) is 1.03. The molecular weight excluding hydrogens is 212 g/mol. The summed E-state index contributed by atoms with van der Waals surface area (Å²) in [5.41, 5.74) is 4.12. The van der Waals surface area contributed by atoms with Crippen molar-refractivity contribution in [2.24, 2.45) is 0 Å². The minimum absolute atomic E-state index is 0.152. The van der Waals surface area contributed by atoms with Crippen LogP contribution in [-0.4, -0.2) is 16.0 Å². The van der Waals surface area contributed by atoms with Crippen LogP contribution >= 0.6 is 0 Å². The summed E-state index contributed by atoms with van der Waals surface area (Å²) in [6.07, 6.45) is 9.90. The van der Waals surface area contributed by atoms with E-state index in [1.807, 2.05) is 24.3 Å². The van der Waals surface area contributed by atoms with Crippen LogP contribution in [0.2, 0.25) is 0 Å². The number of nitrogens with zero attached hydrogens (tertiary/aromatic N) is 2. The SMILES string of the molecule is O=C1C=c2c3c(ccnnc-3c3c2=CC=C3)C1. The molecule has 1 aliphatic heterocycles. The van der Waals surface area contributed by atoms with Gasteiger partial charge in [0.1, 0.15) is 5.69 Å². The van der Waals surface area contributed by atoms with Crippen molar-refractivity contribution < 1.29 is 4.79 Å². The van der Waals surface area contributed by atoms with Crippen LogP contribution in [0.3, 0.4) is 0 Å². The normalized spacial score (nSPS) is 15.6. The molecular formula is C14H8N2O. The van der Waals surface area contributed by atoms with Gasteiger partial charge in [0.25, 0.3) is 0 Å². The fourth-order valence-electron chi connectivity index (χ4n) is 2.68. The number of carbonyl (C=O) groups is 1. The molecule has 0 N–H and O–H groups in total. The molecule has 0 fully saturated rings. The lowest BCUT2D eigenvalue weighted by molar-refractivity contribution is -0.112. The Hall–Kier alpha value is -2.29. The van der Waals surface area contributed by atoms with Gasteiger partial charge >= 0.3 is 0 Å². The van der Waals surface area contributed by atoms with Gasteiger partial charge in [-0.3, -0.25) is 4.79 Å². The van der Waals surface area contributed by atoms with Crippen molar-refractivity contribution in [2.45, 2.75) is 6.42 Å². The minimum Gasteiger partial charge on any atom is -0.294 e. The van der Waals surface area contributed by atoms with Gasteiger partial charge in [0.15, 0.2) is 5.78 Å². The molecule has 3 nitrogen and oxygen atoms in total. The lowest BCUT2D eigenvalue weighted by Crippen LogP contribution is -2.26. The molecule has 80 valence electrons. The van der Waals surface area contributed by atoms with Crippen molar-refractivity contribution in [3.05, 3.63) is 39.9 Å². The van der Waals surface area contributed by atoms with Crippen LogP contribution in [-0.2, 0) is 11.2 Å². The largest absolute Gasteiger partial charge is 0.294 e. The van der Waals surface area contributed by atoms with Crippen LogP contribution in [0, 0.1) is 0 Å². The summed E-state index contributed by atoms with van der Waals surface area (Å²) in [7, 11) is 0. The fourth-order valence-corrected chi connectivity index (χ4v) is 2.68. The van der Waals surface area contributed by atoms with Gasteiger partial charge in [-0.1, -0.05) is 18.2 Å². The highest BCUT2D eigenvalue weighted by Gasteiger charge is 2.23. The molecule has 4 rings (SSSR count). The second kappa shape index (κ2) is 2.88. The average Bonchev–Trinajstić information content (AvgIpc) is 2.80. The van der Waals surface area contributed by atoms with E-state index in [0.29, 0.717) is 6.42 Å². The van der Waals surface area contributed by atoms with E-state index < -0.39 is 0 Å². The third-order valence-electron chi connectivity index (χ3n) is 3.36. The summed E-state index contributed by atoms with van der Waals surface area (Å²) in [4.78, 5) is 11.7. The lowest BCUT2D eigenvalue weighted by Gasteiger charge is -2.06. The fraction of sp³-hybridized carbons (Fsp3) is 0.0714. The van der Waals surface area contributed by atoms with E-state index in [-0.39, 0.29) is 5.78 Å². The molecule has 0 aromatic heterocycles. The van der Waals surface area contributed by atoms with Gasteiger partial charge in [-0.25, -0.2) is 0 Å². The van der Waals surface area contributed by atoms with Gasteiger partial charge in [-0.2, -0.15) is 5.10 Å². The first-order valence-corrected chi connectivity index (χ1v) is 5.54. The number of ketones is 1. The summed E-state index contributed by atoms with van der Waals surface area (Å²) in [6.45, 7) is 0. The Morgan fingerprint density at radius 2 is 2.18 bits per heavy atom. The number of Topliss-reactive ketones (excluding diaryl/α,β-unsaturated/α-hetero) is 1. The predicted octanol–water partition coefficient (Wildman–Crippen LogP) is 0.294. The van der Waals surface area contributed by atoms with Gasteiger partial charge in [-0.05, 0) is 28.1 Å². The van der Waals surface area contributed by atoms with E-state index in [1.165, 1.54) is 0 Å².